The number of carbonyl (C=O) groups excluding carboxylic acids is 1. The Morgan fingerprint density at radius 1 is 1.15 bits per heavy atom. The third kappa shape index (κ3) is 5.60. The number of piperazine rings is 1. The molecule has 10 heteroatoms. The first kappa shape index (κ1) is 27.0. The quantitative estimate of drug-likeness (QED) is 0.446. The molecule has 1 N–H and O–H groups in total. The van der Waals surface area contributed by atoms with Crippen LogP contribution in [0.25, 0.3) is 10.8 Å². The molecule has 1 saturated heterocycles. The Balaban J connectivity index is 1.49. The molecule has 3 aromatic rings. The standard InChI is InChI=1S/C29H35ClN6O3/c1-5-26(38)34-12-14-35(15-13-34)28-22-10-11-36(18-23(22)31-29(32-28)39-19(2)17-33(3)4)24-16-25(37)27(30)21-9-7-6-8-20(21)24/h5-9,16,19,37H,1,10-15,17-18H2,2-4H3/t19-/m1/s1. The number of nitrogens with zero attached hydrogens (tertiary/aromatic N) is 6. The minimum Gasteiger partial charge on any atom is -0.506 e. The summed E-state index contributed by atoms with van der Waals surface area (Å²) in [4.78, 5) is 30.2. The first-order valence-electron chi connectivity index (χ1n) is 13.3. The van der Waals surface area contributed by atoms with Crippen molar-refractivity contribution in [1.29, 1.82) is 0 Å². The highest BCUT2D eigenvalue weighted by Crippen LogP contribution is 2.41. The van der Waals surface area contributed by atoms with Gasteiger partial charge in [0.2, 0.25) is 5.91 Å². The van der Waals surface area contributed by atoms with Gasteiger partial charge in [-0.2, -0.15) is 9.97 Å². The molecule has 39 heavy (non-hydrogen) atoms. The molecule has 2 aliphatic heterocycles. The molecule has 206 valence electrons. The Labute approximate surface area is 234 Å². The molecule has 0 unspecified atom stereocenters. The number of phenols is 1. The third-order valence-corrected chi connectivity index (χ3v) is 7.69. The summed E-state index contributed by atoms with van der Waals surface area (Å²) >= 11 is 6.42. The van der Waals surface area contributed by atoms with E-state index in [0.717, 1.165) is 53.0 Å². The first-order valence-corrected chi connectivity index (χ1v) is 13.7. The molecule has 1 atom stereocenters. The first-order chi connectivity index (χ1) is 18.7. The number of fused-ring (bicyclic) bond motifs is 2. The number of ether oxygens (including phenoxy) is 1. The van der Waals surface area contributed by atoms with Gasteiger partial charge in [-0.3, -0.25) is 4.79 Å². The summed E-state index contributed by atoms with van der Waals surface area (Å²) in [7, 11) is 4.01. The van der Waals surface area contributed by atoms with Crippen molar-refractivity contribution in [3.05, 3.63) is 59.3 Å². The van der Waals surface area contributed by atoms with Crippen LogP contribution in [0.5, 0.6) is 11.8 Å². The fraction of sp³-hybridized carbons (Fsp3) is 0.414. The predicted molar refractivity (Wildman–Crippen MR) is 155 cm³/mol. The molecule has 1 fully saturated rings. The van der Waals surface area contributed by atoms with Crippen molar-refractivity contribution in [3.63, 3.8) is 0 Å². The number of halogens is 1. The molecular formula is C29H35ClN6O3. The molecule has 1 amide bonds. The second kappa shape index (κ2) is 11.3. The van der Waals surface area contributed by atoms with Gasteiger partial charge >= 0.3 is 6.01 Å². The van der Waals surface area contributed by atoms with E-state index < -0.39 is 0 Å². The Bertz CT molecular complexity index is 1390. The van der Waals surface area contributed by atoms with Gasteiger partial charge in [-0.1, -0.05) is 42.4 Å². The summed E-state index contributed by atoms with van der Waals surface area (Å²) in [6.45, 7) is 10.2. The molecule has 2 aliphatic rings. The minimum atomic E-state index is -0.0928. The van der Waals surface area contributed by atoms with E-state index in [9.17, 15) is 9.90 Å². The normalized spacial score (nSPS) is 16.4. The van der Waals surface area contributed by atoms with Gasteiger partial charge in [0.05, 0.1) is 17.3 Å². The number of aromatic hydroxyl groups is 1. The van der Waals surface area contributed by atoms with Crippen LogP contribution in [0.15, 0.2) is 43.0 Å². The van der Waals surface area contributed by atoms with Crippen LogP contribution >= 0.6 is 11.6 Å². The number of hydrogen-bond donors (Lipinski definition) is 1. The van der Waals surface area contributed by atoms with Crippen LogP contribution in [0.2, 0.25) is 5.02 Å². The Kier molecular flexibility index (Phi) is 7.81. The number of anilines is 2. The van der Waals surface area contributed by atoms with Gasteiger partial charge < -0.3 is 29.4 Å². The van der Waals surface area contributed by atoms with E-state index in [4.69, 9.17) is 26.3 Å². The lowest BCUT2D eigenvalue weighted by Gasteiger charge is -2.38. The average Bonchev–Trinajstić information content (AvgIpc) is 2.93. The smallest absolute Gasteiger partial charge is 0.318 e. The Morgan fingerprint density at radius 2 is 1.87 bits per heavy atom. The molecule has 0 aliphatic carbocycles. The fourth-order valence-electron chi connectivity index (χ4n) is 5.48. The maximum Gasteiger partial charge on any atom is 0.318 e. The second-order valence-electron chi connectivity index (χ2n) is 10.4. The van der Waals surface area contributed by atoms with E-state index in [1.54, 1.807) is 6.07 Å². The Morgan fingerprint density at radius 3 is 2.56 bits per heavy atom. The minimum absolute atomic E-state index is 0.0463. The summed E-state index contributed by atoms with van der Waals surface area (Å²) in [5, 5.41) is 12.7. The molecular weight excluding hydrogens is 516 g/mol. The van der Waals surface area contributed by atoms with Crippen molar-refractivity contribution in [3.8, 4) is 11.8 Å². The highest BCUT2D eigenvalue weighted by atomic mass is 35.5. The number of phenolic OH excluding ortho intramolecular Hbond substituents is 1. The van der Waals surface area contributed by atoms with Crippen molar-refractivity contribution in [2.75, 3.05) is 63.2 Å². The molecule has 2 aromatic carbocycles. The number of hydrogen-bond acceptors (Lipinski definition) is 8. The number of rotatable bonds is 7. The highest BCUT2D eigenvalue weighted by molar-refractivity contribution is 6.37. The Hall–Kier alpha value is -3.56. The molecule has 0 spiro atoms. The van der Waals surface area contributed by atoms with E-state index >= 15 is 0 Å². The van der Waals surface area contributed by atoms with E-state index in [0.29, 0.717) is 43.8 Å². The lowest BCUT2D eigenvalue weighted by molar-refractivity contribution is -0.126. The second-order valence-corrected chi connectivity index (χ2v) is 10.8. The lowest BCUT2D eigenvalue weighted by atomic mass is 10.0. The van der Waals surface area contributed by atoms with E-state index in [1.807, 2.05) is 50.2 Å². The number of amides is 1. The zero-order chi connectivity index (χ0) is 27.7. The SMILES string of the molecule is C=CC(=O)N1CCN(c2nc(O[C@H](C)CN(C)C)nc3c2CCN(c2cc(O)c(Cl)c4ccccc24)C3)CC1. The van der Waals surface area contributed by atoms with E-state index in [-0.39, 0.29) is 17.8 Å². The molecule has 0 bridgehead atoms. The summed E-state index contributed by atoms with van der Waals surface area (Å²) in [6, 6.07) is 9.94. The molecule has 9 nitrogen and oxygen atoms in total. The monoisotopic (exact) mass is 550 g/mol. The van der Waals surface area contributed by atoms with Crippen LogP contribution in [-0.4, -0.2) is 90.2 Å². The largest absolute Gasteiger partial charge is 0.506 e. The molecule has 0 radical (unpaired) electrons. The van der Waals surface area contributed by atoms with Crippen LogP contribution in [0.3, 0.4) is 0 Å². The molecule has 0 saturated carbocycles. The molecule has 3 heterocycles. The van der Waals surface area contributed by atoms with Gasteiger partial charge in [-0.15, -0.1) is 0 Å². The fourth-order valence-corrected chi connectivity index (χ4v) is 5.70. The summed E-state index contributed by atoms with van der Waals surface area (Å²) in [5.41, 5.74) is 2.92. The number of carbonyl (C=O) groups is 1. The van der Waals surface area contributed by atoms with Crippen LogP contribution in [0.1, 0.15) is 18.2 Å². The predicted octanol–water partition coefficient (Wildman–Crippen LogP) is 3.72. The average molecular weight is 551 g/mol. The summed E-state index contributed by atoms with van der Waals surface area (Å²) in [6.07, 6.45) is 2.01. The van der Waals surface area contributed by atoms with Gasteiger partial charge in [0, 0.05) is 67.4 Å². The van der Waals surface area contributed by atoms with Crippen LogP contribution in [0, 0.1) is 0 Å². The van der Waals surface area contributed by atoms with Gasteiger partial charge in [-0.25, -0.2) is 0 Å². The van der Waals surface area contributed by atoms with Crippen molar-refractivity contribution in [2.45, 2.75) is 26.0 Å². The molecule has 1 aromatic heterocycles. The van der Waals surface area contributed by atoms with Gasteiger partial charge in [0.25, 0.3) is 0 Å². The number of aromatic nitrogens is 2. The number of likely N-dealkylation sites (N-methyl/N-ethyl adjacent to an activating group) is 1. The third-order valence-electron chi connectivity index (χ3n) is 7.30. The van der Waals surface area contributed by atoms with Crippen molar-refractivity contribution >= 4 is 39.8 Å². The lowest BCUT2D eigenvalue weighted by Crippen LogP contribution is -2.49. The van der Waals surface area contributed by atoms with Gasteiger partial charge in [0.1, 0.15) is 17.7 Å². The zero-order valence-corrected chi connectivity index (χ0v) is 23.5. The van der Waals surface area contributed by atoms with E-state index in [2.05, 4.69) is 21.3 Å². The van der Waals surface area contributed by atoms with E-state index in [1.165, 1.54) is 6.08 Å². The topological polar surface area (TPSA) is 85.3 Å². The van der Waals surface area contributed by atoms with Crippen LogP contribution in [0.4, 0.5) is 11.5 Å². The van der Waals surface area contributed by atoms with Crippen molar-refractivity contribution < 1.29 is 14.6 Å². The maximum atomic E-state index is 12.1. The molecule has 5 rings (SSSR count). The van der Waals surface area contributed by atoms with Crippen molar-refractivity contribution in [2.24, 2.45) is 0 Å². The van der Waals surface area contributed by atoms with Gasteiger partial charge in [-0.05, 0) is 33.5 Å². The van der Waals surface area contributed by atoms with Gasteiger partial charge in [0.15, 0.2) is 0 Å². The van der Waals surface area contributed by atoms with Crippen LogP contribution < -0.4 is 14.5 Å². The van der Waals surface area contributed by atoms with Crippen LogP contribution in [-0.2, 0) is 17.8 Å². The summed E-state index contributed by atoms with van der Waals surface area (Å²) < 4.78 is 6.20. The maximum absolute atomic E-state index is 12.1. The summed E-state index contributed by atoms with van der Waals surface area (Å²) in [5.74, 6) is 0.893. The zero-order valence-electron chi connectivity index (χ0n) is 22.7. The van der Waals surface area contributed by atoms with Crippen molar-refractivity contribution in [1.82, 2.24) is 19.8 Å². The highest BCUT2D eigenvalue weighted by Gasteiger charge is 2.29. The number of benzene rings is 2.